The van der Waals surface area contributed by atoms with Crippen LogP contribution in [0, 0.1) is 0 Å². The highest BCUT2D eigenvalue weighted by atomic mass is 16.1. The lowest BCUT2D eigenvalue weighted by Gasteiger charge is -2.34. The Morgan fingerprint density at radius 2 is 1.71 bits per heavy atom. The first kappa shape index (κ1) is 22.7. The summed E-state index contributed by atoms with van der Waals surface area (Å²) in [7, 11) is 0. The van der Waals surface area contributed by atoms with Gasteiger partial charge in [0.05, 0.1) is 11.3 Å². The van der Waals surface area contributed by atoms with Gasteiger partial charge in [0.25, 0.3) is 5.91 Å². The maximum Gasteiger partial charge on any atom is 0.255 e. The Hall–Kier alpha value is -4.11. The molecule has 1 aromatic carbocycles. The minimum Gasteiger partial charge on any atom is -0.352 e. The number of para-hydroxylation sites is 1. The van der Waals surface area contributed by atoms with Crippen LogP contribution in [0.15, 0.2) is 79.5 Å². The number of anilines is 1. The molecule has 178 valence electrons. The van der Waals surface area contributed by atoms with Crippen LogP contribution in [0.1, 0.15) is 16.8 Å². The molecular weight excluding hydrogens is 440 g/mol. The van der Waals surface area contributed by atoms with E-state index in [2.05, 4.69) is 30.1 Å². The summed E-state index contributed by atoms with van der Waals surface area (Å²) < 4.78 is 1.74. The van der Waals surface area contributed by atoms with Crippen molar-refractivity contribution in [2.24, 2.45) is 0 Å². The van der Waals surface area contributed by atoms with Gasteiger partial charge in [0.15, 0.2) is 0 Å². The van der Waals surface area contributed by atoms with E-state index in [-0.39, 0.29) is 5.91 Å². The maximum absolute atomic E-state index is 13.1. The molecule has 4 aromatic rings. The van der Waals surface area contributed by atoms with Crippen LogP contribution in [-0.4, -0.2) is 74.8 Å². The number of aromatic nitrogens is 5. The first-order chi connectivity index (χ1) is 17.3. The Morgan fingerprint density at radius 3 is 2.46 bits per heavy atom. The molecule has 3 aromatic heterocycles. The number of benzene rings is 1. The highest BCUT2D eigenvalue weighted by molar-refractivity contribution is 5.99. The molecule has 35 heavy (non-hydrogen) atoms. The van der Waals surface area contributed by atoms with Gasteiger partial charge in [-0.25, -0.2) is 14.6 Å². The molecule has 9 nitrogen and oxygen atoms in total. The molecule has 0 spiro atoms. The van der Waals surface area contributed by atoms with Gasteiger partial charge in [-0.3, -0.25) is 14.7 Å². The van der Waals surface area contributed by atoms with Crippen LogP contribution in [0.2, 0.25) is 0 Å². The number of nitrogens with one attached hydrogen (secondary N) is 1. The van der Waals surface area contributed by atoms with Crippen molar-refractivity contribution < 1.29 is 4.79 Å². The quantitative estimate of drug-likeness (QED) is 0.398. The highest BCUT2D eigenvalue weighted by Gasteiger charge is 2.20. The standard InChI is InChI=1S/C26H28N8O/c35-25(28-13-6-14-32-15-17-33(18-16-32)26-29-11-5-12-30-26)23-20-34(22-8-2-1-3-9-22)31-24(23)21-7-4-10-27-19-21/h1-5,7-12,19-20H,6,13-18H2,(H,28,35). The third-order valence-corrected chi connectivity index (χ3v) is 6.06. The molecule has 4 heterocycles. The van der Waals surface area contributed by atoms with Crippen LogP contribution in [0.3, 0.4) is 0 Å². The van der Waals surface area contributed by atoms with Crippen LogP contribution >= 0.6 is 0 Å². The average Bonchev–Trinajstić information content (AvgIpc) is 3.39. The second-order valence-electron chi connectivity index (χ2n) is 8.40. The number of amides is 1. The van der Waals surface area contributed by atoms with Crippen molar-refractivity contribution in [1.29, 1.82) is 0 Å². The average molecular weight is 469 g/mol. The lowest BCUT2D eigenvalue weighted by Crippen LogP contribution is -2.47. The Labute approximate surface area is 204 Å². The molecular formula is C26H28N8O. The number of rotatable bonds is 8. The third kappa shape index (κ3) is 5.52. The van der Waals surface area contributed by atoms with E-state index >= 15 is 0 Å². The minimum atomic E-state index is -0.128. The summed E-state index contributed by atoms with van der Waals surface area (Å²) in [6.07, 6.45) is 9.67. The Balaban J connectivity index is 1.17. The van der Waals surface area contributed by atoms with Crippen LogP contribution < -0.4 is 10.2 Å². The molecule has 1 saturated heterocycles. The molecule has 1 aliphatic heterocycles. The summed E-state index contributed by atoms with van der Waals surface area (Å²) in [6, 6.07) is 15.4. The summed E-state index contributed by atoms with van der Waals surface area (Å²) in [6.45, 7) is 5.27. The summed E-state index contributed by atoms with van der Waals surface area (Å²) >= 11 is 0. The van der Waals surface area contributed by atoms with Crippen molar-refractivity contribution in [3.05, 3.63) is 85.1 Å². The molecule has 0 saturated carbocycles. The van der Waals surface area contributed by atoms with Crippen molar-refractivity contribution in [1.82, 2.24) is 34.9 Å². The van der Waals surface area contributed by atoms with Gasteiger partial charge in [-0.05, 0) is 43.3 Å². The van der Waals surface area contributed by atoms with Crippen LogP contribution in [0.5, 0.6) is 0 Å². The topological polar surface area (TPSA) is 92.1 Å². The summed E-state index contributed by atoms with van der Waals surface area (Å²) in [5, 5.41) is 7.78. The summed E-state index contributed by atoms with van der Waals surface area (Å²) in [4.78, 5) is 30.6. The predicted octanol–water partition coefficient (Wildman–Crippen LogP) is 2.67. The van der Waals surface area contributed by atoms with Crippen LogP contribution in [0.25, 0.3) is 16.9 Å². The molecule has 1 amide bonds. The van der Waals surface area contributed by atoms with E-state index in [0.717, 1.165) is 56.3 Å². The summed E-state index contributed by atoms with van der Waals surface area (Å²) in [5.41, 5.74) is 2.88. The summed E-state index contributed by atoms with van der Waals surface area (Å²) in [5.74, 6) is 0.664. The number of pyridine rings is 1. The van der Waals surface area contributed by atoms with Crippen molar-refractivity contribution in [2.75, 3.05) is 44.2 Å². The number of hydrogen-bond donors (Lipinski definition) is 1. The Bertz CT molecular complexity index is 1220. The van der Waals surface area contributed by atoms with Crippen molar-refractivity contribution in [3.8, 4) is 16.9 Å². The van der Waals surface area contributed by atoms with E-state index in [0.29, 0.717) is 17.8 Å². The molecule has 5 rings (SSSR count). The van der Waals surface area contributed by atoms with Gasteiger partial charge in [0.1, 0.15) is 5.69 Å². The smallest absolute Gasteiger partial charge is 0.255 e. The molecule has 9 heteroatoms. The number of nitrogens with zero attached hydrogens (tertiary/aromatic N) is 7. The van der Waals surface area contributed by atoms with Crippen molar-refractivity contribution in [2.45, 2.75) is 6.42 Å². The SMILES string of the molecule is O=C(NCCCN1CCN(c2ncccn2)CC1)c1cn(-c2ccccc2)nc1-c1cccnc1. The van der Waals surface area contributed by atoms with Crippen molar-refractivity contribution >= 4 is 11.9 Å². The Kier molecular flexibility index (Phi) is 7.05. The fourth-order valence-electron chi connectivity index (χ4n) is 4.19. The highest BCUT2D eigenvalue weighted by Crippen LogP contribution is 2.23. The second kappa shape index (κ2) is 10.9. The lowest BCUT2D eigenvalue weighted by atomic mass is 10.1. The van der Waals surface area contributed by atoms with E-state index in [1.165, 1.54) is 0 Å². The van der Waals surface area contributed by atoms with E-state index in [4.69, 9.17) is 5.10 Å². The molecule has 1 N–H and O–H groups in total. The van der Waals surface area contributed by atoms with E-state index in [9.17, 15) is 4.79 Å². The van der Waals surface area contributed by atoms with Gasteiger partial charge in [-0.1, -0.05) is 18.2 Å². The van der Waals surface area contributed by atoms with Gasteiger partial charge in [0.2, 0.25) is 5.95 Å². The fourth-order valence-corrected chi connectivity index (χ4v) is 4.19. The second-order valence-corrected chi connectivity index (χ2v) is 8.40. The van der Waals surface area contributed by atoms with Gasteiger partial charge in [-0.2, -0.15) is 5.10 Å². The maximum atomic E-state index is 13.1. The monoisotopic (exact) mass is 468 g/mol. The third-order valence-electron chi connectivity index (χ3n) is 6.06. The predicted molar refractivity (Wildman–Crippen MR) is 134 cm³/mol. The van der Waals surface area contributed by atoms with E-state index in [1.54, 1.807) is 35.7 Å². The van der Waals surface area contributed by atoms with Gasteiger partial charge < -0.3 is 10.2 Å². The molecule has 0 bridgehead atoms. The number of piperazine rings is 1. The van der Waals surface area contributed by atoms with Crippen molar-refractivity contribution in [3.63, 3.8) is 0 Å². The molecule has 1 fully saturated rings. The Morgan fingerprint density at radius 1 is 0.914 bits per heavy atom. The minimum absolute atomic E-state index is 0.128. The first-order valence-corrected chi connectivity index (χ1v) is 11.9. The largest absolute Gasteiger partial charge is 0.352 e. The van der Waals surface area contributed by atoms with Crippen LogP contribution in [-0.2, 0) is 0 Å². The van der Waals surface area contributed by atoms with Crippen LogP contribution in [0.4, 0.5) is 5.95 Å². The molecule has 0 atom stereocenters. The fraction of sp³-hybridized carbons (Fsp3) is 0.269. The van der Waals surface area contributed by atoms with Gasteiger partial charge >= 0.3 is 0 Å². The zero-order chi connectivity index (χ0) is 23.9. The van der Waals surface area contributed by atoms with Gasteiger partial charge in [-0.15, -0.1) is 0 Å². The lowest BCUT2D eigenvalue weighted by molar-refractivity contribution is 0.0952. The first-order valence-electron chi connectivity index (χ1n) is 11.9. The molecule has 0 unspecified atom stereocenters. The van der Waals surface area contributed by atoms with E-state index < -0.39 is 0 Å². The van der Waals surface area contributed by atoms with Gasteiger partial charge in [0, 0.05) is 69.3 Å². The molecule has 0 radical (unpaired) electrons. The number of carbonyl (C=O) groups is 1. The number of carbonyl (C=O) groups excluding carboxylic acids is 1. The normalized spacial score (nSPS) is 14.1. The number of hydrogen-bond acceptors (Lipinski definition) is 7. The molecule has 1 aliphatic rings. The zero-order valence-corrected chi connectivity index (χ0v) is 19.5. The van der Waals surface area contributed by atoms with E-state index in [1.807, 2.05) is 48.5 Å². The molecule has 0 aliphatic carbocycles. The zero-order valence-electron chi connectivity index (χ0n) is 19.5.